The van der Waals surface area contributed by atoms with Crippen LogP contribution in [0.5, 0.6) is 11.5 Å². The van der Waals surface area contributed by atoms with Gasteiger partial charge >= 0.3 is 0 Å². The van der Waals surface area contributed by atoms with Crippen LogP contribution in [0.1, 0.15) is 23.1 Å². The maximum Gasteiger partial charge on any atom is 0.243 e. The predicted octanol–water partition coefficient (Wildman–Crippen LogP) is 3.01. The zero-order valence-corrected chi connectivity index (χ0v) is 16.2. The van der Waals surface area contributed by atoms with Crippen LogP contribution in [0.4, 0.5) is 5.69 Å². The van der Waals surface area contributed by atoms with Gasteiger partial charge in [-0.1, -0.05) is 18.2 Å². The molecule has 0 saturated heterocycles. The van der Waals surface area contributed by atoms with Gasteiger partial charge in [0.05, 0.1) is 20.8 Å². The minimum absolute atomic E-state index is 0.0574. The van der Waals surface area contributed by atoms with Gasteiger partial charge in [0.1, 0.15) is 0 Å². The average molecular weight is 370 g/mol. The van der Waals surface area contributed by atoms with Crippen molar-refractivity contribution in [3.05, 3.63) is 53.1 Å². The molecule has 0 unspecified atom stereocenters. The lowest BCUT2D eigenvalue weighted by molar-refractivity contribution is -0.124. The number of rotatable bonds is 8. The van der Waals surface area contributed by atoms with Crippen molar-refractivity contribution >= 4 is 17.5 Å². The summed E-state index contributed by atoms with van der Waals surface area (Å²) in [5, 5.41) is 5.48. The molecule has 2 aromatic carbocycles. The van der Waals surface area contributed by atoms with E-state index in [1.165, 1.54) is 0 Å². The molecule has 0 heterocycles. The molecule has 0 aliphatic rings. The summed E-state index contributed by atoms with van der Waals surface area (Å²) in [7, 11) is 3.15. The third kappa shape index (κ3) is 5.74. The third-order valence-corrected chi connectivity index (χ3v) is 4.41. The summed E-state index contributed by atoms with van der Waals surface area (Å²) >= 11 is 0. The Labute approximate surface area is 159 Å². The zero-order chi connectivity index (χ0) is 19.8. The number of carbonyl (C=O) groups is 2. The molecule has 0 aliphatic carbocycles. The molecule has 2 rings (SSSR count). The first-order chi connectivity index (χ1) is 12.9. The van der Waals surface area contributed by atoms with Crippen molar-refractivity contribution in [3.8, 4) is 11.5 Å². The van der Waals surface area contributed by atoms with Crippen LogP contribution < -0.4 is 20.1 Å². The number of nitrogens with one attached hydrogen (secondary N) is 2. The van der Waals surface area contributed by atoms with Crippen molar-refractivity contribution in [1.82, 2.24) is 5.32 Å². The van der Waals surface area contributed by atoms with E-state index in [0.29, 0.717) is 17.9 Å². The predicted molar refractivity (Wildman–Crippen MR) is 105 cm³/mol. The van der Waals surface area contributed by atoms with Crippen molar-refractivity contribution in [1.29, 1.82) is 0 Å². The zero-order valence-electron chi connectivity index (χ0n) is 16.2. The molecule has 6 heteroatoms. The summed E-state index contributed by atoms with van der Waals surface area (Å²) in [6.07, 6.45) is 0.830. The van der Waals surface area contributed by atoms with E-state index in [2.05, 4.69) is 10.6 Å². The van der Waals surface area contributed by atoms with Crippen molar-refractivity contribution in [2.75, 3.05) is 26.1 Å². The number of methoxy groups -OCH3 is 2. The minimum atomic E-state index is -0.247. The molecule has 0 saturated carbocycles. The highest BCUT2D eigenvalue weighted by molar-refractivity contribution is 5.95. The number of aryl methyl sites for hydroxylation is 2. The molecule has 0 radical (unpaired) electrons. The second-order valence-electron chi connectivity index (χ2n) is 6.26. The lowest BCUT2D eigenvalue weighted by Crippen LogP contribution is -2.33. The second kappa shape index (κ2) is 9.62. The minimum Gasteiger partial charge on any atom is -0.493 e. The van der Waals surface area contributed by atoms with E-state index in [-0.39, 0.29) is 24.8 Å². The van der Waals surface area contributed by atoms with Gasteiger partial charge in [-0.25, -0.2) is 0 Å². The van der Waals surface area contributed by atoms with Gasteiger partial charge in [0.15, 0.2) is 11.5 Å². The summed E-state index contributed by atoms with van der Waals surface area (Å²) in [5.41, 5.74) is 3.85. The highest BCUT2D eigenvalue weighted by Crippen LogP contribution is 2.27. The smallest absolute Gasteiger partial charge is 0.243 e. The van der Waals surface area contributed by atoms with Crippen LogP contribution in [0.25, 0.3) is 0 Å². The average Bonchev–Trinajstić information content (AvgIpc) is 2.68. The number of benzene rings is 2. The number of hydrogen-bond acceptors (Lipinski definition) is 4. The van der Waals surface area contributed by atoms with Gasteiger partial charge in [0.25, 0.3) is 0 Å². The van der Waals surface area contributed by atoms with Gasteiger partial charge in [0, 0.05) is 12.1 Å². The monoisotopic (exact) mass is 370 g/mol. The Morgan fingerprint density at radius 2 is 1.70 bits per heavy atom. The summed E-state index contributed by atoms with van der Waals surface area (Å²) in [5.74, 6) is 0.848. The van der Waals surface area contributed by atoms with Gasteiger partial charge in [-0.15, -0.1) is 0 Å². The van der Waals surface area contributed by atoms with Crippen LogP contribution in [0.3, 0.4) is 0 Å². The molecule has 0 atom stereocenters. The maximum absolute atomic E-state index is 12.1. The SMILES string of the molecule is COc1ccc(CCC(=O)NCC(=O)Nc2cccc(C)c2C)cc1OC. The Kier molecular flexibility index (Phi) is 7.23. The Morgan fingerprint density at radius 1 is 0.963 bits per heavy atom. The fraction of sp³-hybridized carbons (Fsp3) is 0.333. The van der Waals surface area contributed by atoms with Gasteiger partial charge in [-0.3, -0.25) is 9.59 Å². The first-order valence-electron chi connectivity index (χ1n) is 8.78. The fourth-order valence-electron chi connectivity index (χ4n) is 2.64. The molecular weight excluding hydrogens is 344 g/mol. The van der Waals surface area contributed by atoms with Gasteiger partial charge < -0.3 is 20.1 Å². The van der Waals surface area contributed by atoms with Gasteiger partial charge in [0.2, 0.25) is 11.8 Å². The number of carbonyl (C=O) groups excluding carboxylic acids is 2. The third-order valence-electron chi connectivity index (χ3n) is 4.41. The summed E-state index contributed by atoms with van der Waals surface area (Å²) in [4.78, 5) is 24.1. The Bertz CT molecular complexity index is 818. The number of amides is 2. The summed E-state index contributed by atoms with van der Waals surface area (Å²) in [6, 6.07) is 11.3. The molecule has 0 bridgehead atoms. The fourth-order valence-corrected chi connectivity index (χ4v) is 2.64. The topological polar surface area (TPSA) is 76.7 Å². The largest absolute Gasteiger partial charge is 0.493 e. The van der Waals surface area contributed by atoms with E-state index >= 15 is 0 Å². The van der Waals surface area contributed by atoms with Crippen LogP contribution in [0.15, 0.2) is 36.4 Å². The number of ether oxygens (including phenoxy) is 2. The molecule has 0 fully saturated rings. The molecule has 2 amide bonds. The Hall–Kier alpha value is -3.02. The number of hydrogen-bond donors (Lipinski definition) is 2. The van der Waals surface area contributed by atoms with Gasteiger partial charge in [-0.05, 0) is 55.2 Å². The van der Waals surface area contributed by atoms with E-state index in [0.717, 1.165) is 22.4 Å². The number of anilines is 1. The summed E-state index contributed by atoms with van der Waals surface area (Å²) in [6.45, 7) is 3.88. The molecule has 2 N–H and O–H groups in total. The van der Waals surface area contributed by atoms with Gasteiger partial charge in [-0.2, -0.15) is 0 Å². The molecular formula is C21H26N2O4. The Morgan fingerprint density at radius 3 is 2.41 bits per heavy atom. The van der Waals surface area contributed by atoms with E-state index in [9.17, 15) is 9.59 Å². The van der Waals surface area contributed by atoms with E-state index in [4.69, 9.17) is 9.47 Å². The lowest BCUT2D eigenvalue weighted by Gasteiger charge is -2.11. The molecule has 27 heavy (non-hydrogen) atoms. The molecule has 0 aliphatic heterocycles. The molecule has 2 aromatic rings. The molecule has 0 spiro atoms. The van der Waals surface area contributed by atoms with Crippen molar-refractivity contribution in [2.24, 2.45) is 0 Å². The molecule has 144 valence electrons. The van der Waals surface area contributed by atoms with Crippen LogP contribution >= 0.6 is 0 Å². The highest BCUT2D eigenvalue weighted by atomic mass is 16.5. The van der Waals surface area contributed by atoms with Crippen molar-refractivity contribution < 1.29 is 19.1 Å². The van der Waals surface area contributed by atoms with Crippen molar-refractivity contribution in [2.45, 2.75) is 26.7 Å². The van der Waals surface area contributed by atoms with Crippen LogP contribution in [0.2, 0.25) is 0 Å². The second-order valence-corrected chi connectivity index (χ2v) is 6.26. The summed E-state index contributed by atoms with van der Waals surface area (Å²) < 4.78 is 10.5. The highest BCUT2D eigenvalue weighted by Gasteiger charge is 2.10. The van der Waals surface area contributed by atoms with E-state index < -0.39 is 0 Å². The van der Waals surface area contributed by atoms with Crippen LogP contribution in [-0.4, -0.2) is 32.6 Å². The van der Waals surface area contributed by atoms with Crippen LogP contribution in [-0.2, 0) is 16.0 Å². The molecule has 6 nitrogen and oxygen atoms in total. The van der Waals surface area contributed by atoms with E-state index in [1.54, 1.807) is 14.2 Å². The quantitative estimate of drug-likeness (QED) is 0.749. The molecule has 0 aromatic heterocycles. The lowest BCUT2D eigenvalue weighted by atomic mass is 10.1. The normalized spacial score (nSPS) is 10.2. The Balaban J connectivity index is 1.80. The standard InChI is InChI=1S/C21H26N2O4/c1-14-6-5-7-17(15(14)2)23-21(25)13-22-20(24)11-9-16-8-10-18(26-3)19(12-16)27-4/h5-8,10,12H,9,11,13H2,1-4H3,(H,22,24)(H,23,25). The first-order valence-corrected chi connectivity index (χ1v) is 8.78. The van der Waals surface area contributed by atoms with Crippen molar-refractivity contribution in [3.63, 3.8) is 0 Å². The van der Waals surface area contributed by atoms with Crippen LogP contribution in [0, 0.1) is 13.8 Å². The first kappa shape index (κ1) is 20.3. The van der Waals surface area contributed by atoms with E-state index in [1.807, 2.05) is 50.2 Å². The maximum atomic E-state index is 12.1.